The number of hydrogen-bond donors (Lipinski definition) is 0. The quantitative estimate of drug-likeness (QED) is 0.147. The van der Waals surface area contributed by atoms with Crippen LogP contribution in [0.1, 0.15) is 12.8 Å². The number of nitrogens with zero attached hydrogens (tertiary/aromatic N) is 5. The number of hydrogen-bond acceptors (Lipinski definition) is 3. The van der Waals surface area contributed by atoms with Gasteiger partial charge in [-0.1, -0.05) is 5.11 Å². The second kappa shape index (κ2) is 6.82. The van der Waals surface area contributed by atoms with Crippen molar-refractivity contribution in [3.8, 4) is 0 Å². The first kappa shape index (κ1) is 9.71. The van der Waals surface area contributed by atoms with Gasteiger partial charge < -0.3 is 0 Å². The second-order valence-corrected chi connectivity index (χ2v) is 2.12. The molecule has 0 saturated heterocycles. The van der Waals surface area contributed by atoms with Crippen molar-refractivity contribution in [2.24, 2.45) is 10.4 Å². The van der Waals surface area contributed by atoms with Crippen LogP contribution in [0.4, 0.5) is 0 Å². The van der Waals surface area contributed by atoms with Crippen LogP contribution in [0.2, 0.25) is 0 Å². The van der Waals surface area contributed by atoms with Gasteiger partial charge in [0.1, 0.15) is 0 Å². The molecule has 11 heavy (non-hydrogen) atoms. The Kier molecular flexibility index (Phi) is 6.02. The lowest BCUT2D eigenvalue weighted by Crippen LogP contribution is -2.11. The summed E-state index contributed by atoms with van der Waals surface area (Å²) in [5.74, 6) is 0. The van der Waals surface area contributed by atoms with Crippen molar-refractivity contribution >= 4 is 0 Å². The molecule has 0 heterocycles. The number of azide groups is 1. The number of rotatable bonds is 6. The standard InChI is InChI=1S/C5H11N5O/c1-10(9-11)5-3-2-4-7-8-6/h2-5H2,1H3. The molecule has 0 aromatic heterocycles. The Morgan fingerprint density at radius 2 is 2.27 bits per heavy atom. The van der Waals surface area contributed by atoms with Crippen LogP contribution in [-0.4, -0.2) is 25.1 Å². The van der Waals surface area contributed by atoms with Gasteiger partial charge in [-0.05, 0) is 18.4 Å². The van der Waals surface area contributed by atoms with Gasteiger partial charge in [0, 0.05) is 25.0 Å². The Labute approximate surface area is 64.8 Å². The van der Waals surface area contributed by atoms with Crippen LogP contribution < -0.4 is 0 Å². The highest BCUT2D eigenvalue weighted by atomic mass is 16.3. The second-order valence-electron chi connectivity index (χ2n) is 2.12. The number of nitroso groups, excluding NO2 is 1. The largest absolute Gasteiger partial charge is 0.264 e. The third kappa shape index (κ3) is 6.60. The predicted molar refractivity (Wildman–Crippen MR) is 41.7 cm³/mol. The van der Waals surface area contributed by atoms with Crippen molar-refractivity contribution in [1.29, 1.82) is 0 Å². The number of unbranched alkanes of at least 4 members (excludes halogenated alkanes) is 1. The fourth-order valence-electron chi connectivity index (χ4n) is 0.609. The summed E-state index contributed by atoms with van der Waals surface area (Å²) < 4.78 is 0. The molecule has 6 nitrogen and oxygen atoms in total. The van der Waals surface area contributed by atoms with E-state index < -0.39 is 0 Å². The first-order valence-electron chi connectivity index (χ1n) is 3.36. The fourth-order valence-corrected chi connectivity index (χ4v) is 0.609. The molecule has 0 N–H and O–H groups in total. The van der Waals surface area contributed by atoms with Crippen LogP contribution in [-0.2, 0) is 0 Å². The van der Waals surface area contributed by atoms with Crippen molar-refractivity contribution in [3.63, 3.8) is 0 Å². The molecule has 0 aromatic carbocycles. The van der Waals surface area contributed by atoms with E-state index in [0.717, 1.165) is 12.8 Å². The molecule has 0 rings (SSSR count). The van der Waals surface area contributed by atoms with E-state index in [1.807, 2.05) is 0 Å². The van der Waals surface area contributed by atoms with Crippen molar-refractivity contribution in [1.82, 2.24) is 5.01 Å². The Morgan fingerprint density at radius 1 is 1.55 bits per heavy atom. The summed E-state index contributed by atoms with van der Waals surface area (Å²) in [6, 6.07) is 0. The van der Waals surface area contributed by atoms with Crippen molar-refractivity contribution in [2.75, 3.05) is 20.1 Å². The molecule has 0 radical (unpaired) electrons. The molecule has 6 heteroatoms. The van der Waals surface area contributed by atoms with Crippen molar-refractivity contribution in [2.45, 2.75) is 12.8 Å². The third-order valence-corrected chi connectivity index (χ3v) is 1.19. The van der Waals surface area contributed by atoms with E-state index in [2.05, 4.69) is 15.3 Å². The van der Waals surface area contributed by atoms with Gasteiger partial charge in [0.2, 0.25) is 0 Å². The van der Waals surface area contributed by atoms with E-state index in [4.69, 9.17) is 5.53 Å². The maximum Gasteiger partial charge on any atom is 0.0521 e. The zero-order valence-corrected chi connectivity index (χ0v) is 6.47. The zero-order chi connectivity index (χ0) is 8.53. The molecule has 0 aliphatic rings. The molecule has 0 amide bonds. The van der Waals surface area contributed by atoms with Crippen LogP contribution in [0, 0.1) is 4.91 Å². The summed E-state index contributed by atoms with van der Waals surface area (Å²) >= 11 is 0. The van der Waals surface area contributed by atoms with Gasteiger partial charge in [-0.3, -0.25) is 5.01 Å². The third-order valence-electron chi connectivity index (χ3n) is 1.19. The summed E-state index contributed by atoms with van der Waals surface area (Å²) in [4.78, 5) is 12.4. The van der Waals surface area contributed by atoms with Gasteiger partial charge in [-0.15, -0.1) is 4.91 Å². The lowest BCUT2D eigenvalue weighted by Gasteiger charge is -2.05. The Morgan fingerprint density at radius 3 is 2.82 bits per heavy atom. The van der Waals surface area contributed by atoms with Crippen molar-refractivity contribution in [3.05, 3.63) is 15.3 Å². The van der Waals surface area contributed by atoms with Gasteiger partial charge in [-0.25, -0.2) is 0 Å². The van der Waals surface area contributed by atoms with E-state index in [-0.39, 0.29) is 0 Å². The molecule has 0 aliphatic heterocycles. The predicted octanol–water partition coefficient (Wildman–Crippen LogP) is 1.69. The lowest BCUT2D eigenvalue weighted by molar-refractivity contribution is 0.340. The van der Waals surface area contributed by atoms with Gasteiger partial charge in [0.25, 0.3) is 0 Å². The van der Waals surface area contributed by atoms with Gasteiger partial charge in [-0.2, -0.15) is 0 Å². The minimum atomic E-state index is 0.489. The molecule has 0 aromatic rings. The maximum absolute atomic E-state index is 9.82. The Bertz CT molecular complexity index is 153. The van der Waals surface area contributed by atoms with E-state index in [1.54, 1.807) is 7.05 Å². The molecular weight excluding hydrogens is 146 g/mol. The molecule has 0 unspecified atom stereocenters. The molecule has 62 valence electrons. The summed E-state index contributed by atoms with van der Waals surface area (Å²) in [6.07, 6.45) is 1.62. The SMILES string of the molecule is CN(CCCCN=[N+]=[N-])N=O. The van der Waals surface area contributed by atoms with Crippen LogP contribution in [0.25, 0.3) is 10.4 Å². The highest BCUT2D eigenvalue weighted by Gasteiger charge is 1.92. The highest BCUT2D eigenvalue weighted by Crippen LogP contribution is 1.93. The van der Waals surface area contributed by atoms with Crippen LogP contribution in [0.5, 0.6) is 0 Å². The van der Waals surface area contributed by atoms with Crippen LogP contribution in [0.15, 0.2) is 10.4 Å². The summed E-state index contributed by atoms with van der Waals surface area (Å²) in [7, 11) is 1.61. The summed E-state index contributed by atoms with van der Waals surface area (Å²) in [6.45, 7) is 1.10. The van der Waals surface area contributed by atoms with E-state index >= 15 is 0 Å². The zero-order valence-electron chi connectivity index (χ0n) is 6.47. The molecular formula is C5H11N5O. The average molecular weight is 157 g/mol. The maximum atomic E-state index is 9.82. The smallest absolute Gasteiger partial charge is 0.0521 e. The highest BCUT2D eigenvalue weighted by molar-refractivity contribution is 4.50. The van der Waals surface area contributed by atoms with E-state index in [9.17, 15) is 4.91 Å². The van der Waals surface area contributed by atoms with Crippen LogP contribution in [0.3, 0.4) is 0 Å². The van der Waals surface area contributed by atoms with E-state index in [1.165, 1.54) is 5.01 Å². The first-order chi connectivity index (χ1) is 5.31. The molecule has 0 aliphatic carbocycles. The fraction of sp³-hybridized carbons (Fsp3) is 1.00. The minimum absolute atomic E-state index is 0.489. The Hall–Kier alpha value is -1.29. The summed E-state index contributed by atoms with van der Waals surface area (Å²) in [5, 5.41) is 7.35. The topological polar surface area (TPSA) is 81.4 Å². The molecule has 0 bridgehead atoms. The molecule has 0 atom stereocenters. The lowest BCUT2D eigenvalue weighted by atomic mass is 10.3. The molecule has 0 fully saturated rings. The van der Waals surface area contributed by atoms with Gasteiger partial charge in [0.05, 0.1) is 5.29 Å². The van der Waals surface area contributed by atoms with Gasteiger partial charge in [0.15, 0.2) is 0 Å². The Balaban J connectivity index is 3.13. The normalized spacial score (nSPS) is 8.45. The summed E-state index contributed by atoms with van der Waals surface area (Å²) in [5.41, 5.74) is 7.90. The van der Waals surface area contributed by atoms with E-state index in [0.29, 0.717) is 13.1 Å². The molecule has 0 saturated carbocycles. The minimum Gasteiger partial charge on any atom is -0.264 e. The van der Waals surface area contributed by atoms with Gasteiger partial charge >= 0.3 is 0 Å². The average Bonchev–Trinajstić information content (AvgIpc) is 2.04. The molecule has 0 spiro atoms. The monoisotopic (exact) mass is 157 g/mol. The first-order valence-corrected chi connectivity index (χ1v) is 3.36. The van der Waals surface area contributed by atoms with Crippen LogP contribution >= 0.6 is 0 Å². The van der Waals surface area contributed by atoms with Crippen molar-refractivity contribution < 1.29 is 0 Å².